The molecule has 0 aliphatic carbocycles. The molecule has 1 fully saturated rings. The average Bonchev–Trinajstić information content (AvgIpc) is 3.28. The summed E-state index contributed by atoms with van der Waals surface area (Å²) in [7, 11) is 0. The predicted octanol–water partition coefficient (Wildman–Crippen LogP) is 2.20. The largest absolute Gasteiger partial charge is 0.307 e. The first-order valence-electron chi connectivity index (χ1n) is 10.7. The van der Waals surface area contributed by atoms with Crippen LogP contribution in [0.25, 0.3) is 0 Å². The van der Waals surface area contributed by atoms with E-state index in [2.05, 4.69) is 39.1 Å². The van der Waals surface area contributed by atoms with E-state index in [-0.39, 0.29) is 18.2 Å². The lowest BCUT2D eigenvalue weighted by atomic mass is 9.97. The van der Waals surface area contributed by atoms with Gasteiger partial charge in [-0.2, -0.15) is 0 Å². The van der Waals surface area contributed by atoms with Crippen LogP contribution in [0.1, 0.15) is 50.6 Å². The smallest absolute Gasteiger partial charge is 0.274 e. The maximum absolute atomic E-state index is 12.7. The highest BCUT2D eigenvalue weighted by molar-refractivity contribution is 6.21. The molecule has 1 saturated heterocycles. The number of benzene rings is 2. The van der Waals surface area contributed by atoms with E-state index in [9.17, 15) is 14.4 Å². The minimum atomic E-state index is -0.420. The van der Waals surface area contributed by atoms with Crippen molar-refractivity contribution in [2.24, 2.45) is 5.92 Å². The van der Waals surface area contributed by atoms with Crippen LogP contribution in [0.15, 0.2) is 59.4 Å². The quantitative estimate of drug-likeness (QED) is 0.625. The molecule has 2 aromatic carbocycles. The number of H-pyrrole nitrogens is 1. The van der Waals surface area contributed by atoms with Gasteiger partial charge in [-0.05, 0) is 23.6 Å². The first-order valence-corrected chi connectivity index (χ1v) is 10.7. The zero-order valence-electron chi connectivity index (χ0n) is 17.7. The third kappa shape index (κ3) is 3.62. The third-order valence-electron chi connectivity index (χ3n) is 6.26. The standard InChI is InChI=1S/C24H23N5O3/c1-15-11-28(12-16-7-3-2-4-8-16)13-19(15)21-25-22(30)20(26-27-21)14-29-23(31)17-9-5-6-10-18(17)24(29)32/h2-10,15,19H,11-14H2,1H3,(H,25,27,30)/t15-,19?/m1/s1. The average molecular weight is 429 g/mol. The van der Waals surface area contributed by atoms with Gasteiger partial charge in [0.05, 0.1) is 17.7 Å². The van der Waals surface area contributed by atoms with Crippen LogP contribution in [-0.4, -0.2) is 49.9 Å². The second-order valence-electron chi connectivity index (χ2n) is 8.49. The van der Waals surface area contributed by atoms with Crippen LogP contribution < -0.4 is 5.56 Å². The molecule has 1 aromatic heterocycles. The van der Waals surface area contributed by atoms with E-state index in [1.165, 1.54) is 5.56 Å². The highest BCUT2D eigenvalue weighted by Gasteiger charge is 2.36. The summed E-state index contributed by atoms with van der Waals surface area (Å²) in [5.41, 5.74) is 1.57. The predicted molar refractivity (Wildman–Crippen MR) is 117 cm³/mol. The number of rotatable bonds is 5. The van der Waals surface area contributed by atoms with Crippen molar-refractivity contribution in [3.8, 4) is 0 Å². The number of imide groups is 1. The van der Waals surface area contributed by atoms with Crippen molar-refractivity contribution in [2.75, 3.05) is 13.1 Å². The molecule has 1 unspecified atom stereocenters. The molecule has 0 saturated carbocycles. The van der Waals surface area contributed by atoms with E-state index >= 15 is 0 Å². The summed E-state index contributed by atoms with van der Waals surface area (Å²) in [4.78, 5) is 44.1. The number of aromatic amines is 1. The summed E-state index contributed by atoms with van der Waals surface area (Å²) < 4.78 is 0. The van der Waals surface area contributed by atoms with E-state index in [1.54, 1.807) is 24.3 Å². The molecular formula is C24H23N5O3. The molecule has 3 aromatic rings. The fraction of sp³-hybridized carbons (Fsp3) is 0.292. The minimum Gasteiger partial charge on any atom is -0.307 e. The van der Waals surface area contributed by atoms with Crippen LogP contribution in [0.2, 0.25) is 0 Å². The molecule has 2 amide bonds. The molecule has 8 nitrogen and oxygen atoms in total. The zero-order chi connectivity index (χ0) is 22.2. The maximum Gasteiger partial charge on any atom is 0.274 e. The number of nitrogens with one attached hydrogen (secondary N) is 1. The Kier molecular flexibility index (Phi) is 5.14. The number of amides is 2. The van der Waals surface area contributed by atoms with Gasteiger partial charge in [0.1, 0.15) is 11.5 Å². The Hall–Kier alpha value is -3.65. The van der Waals surface area contributed by atoms with E-state index in [4.69, 9.17) is 0 Å². The number of nitrogens with zero attached hydrogens (tertiary/aromatic N) is 4. The normalized spacial score (nSPS) is 20.7. The Balaban J connectivity index is 1.30. The van der Waals surface area contributed by atoms with Gasteiger partial charge in [-0.15, -0.1) is 10.2 Å². The van der Waals surface area contributed by atoms with Gasteiger partial charge in [-0.1, -0.05) is 49.4 Å². The SMILES string of the molecule is C[C@@H]1CN(Cc2ccccc2)CC1c1nnc(CN2C(=O)c3ccccc3C2=O)c(=O)[nH]1. The Morgan fingerprint density at radius 1 is 0.875 bits per heavy atom. The molecule has 2 aliphatic rings. The van der Waals surface area contributed by atoms with Crippen LogP contribution in [-0.2, 0) is 13.1 Å². The van der Waals surface area contributed by atoms with Crippen LogP contribution in [0, 0.1) is 5.92 Å². The van der Waals surface area contributed by atoms with E-state index in [0.29, 0.717) is 22.9 Å². The van der Waals surface area contributed by atoms with E-state index in [1.807, 2.05) is 18.2 Å². The molecule has 0 radical (unpaired) electrons. The molecule has 5 rings (SSSR count). The number of aromatic nitrogens is 3. The number of fused-ring (bicyclic) bond motifs is 1. The van der Waals surface area contributed by atoms with Gasteiger partial charge in [0, 0.05) is 25.6 Å². The van der Waals surface area contributed by atoms with Gasteiger partial charge in [0.2, 0.25) is 0 Å². The fourth-order valence-electron chi connectivity index (χ4n) is 4.57. The van der Waals surface area contributed by atoms with Gasteiger partial charge in [-0.3, -0.25) is 24.2 Å². The van der Waals surface area contributed by atoms with Crippen molar-refractivity contribution in [3.05, 3.63) is 93.2 Å². The summed E-state index contributed by atoms with van der Waals surface area (Å²) in [6.45, 7) is 4.47. The zero-order valence-corrected chi connectivity index (χ0v) is 17.7. The summed E-state index contributed by atoms with van der Waals surface area (Å²) in [5, 5.41) is 8.38. The summed E-state index contributed by atoms with van der Waals surface area (Å²) in [5.74, 6) is 0.0795. The van der Waals surface area contributed by atoms with Crippen molar-refractivity contribution in [1.82, 2.24) is 25.0 Å². The minimum absolute atomic E-state index is 0.0510. The molecule has 0 spiro atoms. The summed E-state index contributed by atoms with van der Waals surface area (Å²) >= 11 is 0. The summed E-state index contributed by atoms with van der Waals surface area (Å²) in [6, 6.07) is 16.9. The Labute approximate surface area is 184 Å². The lowest BCUT2D eigenvalue weighted by Crippen LogP contribution is -2.33. The van der Waals surface area contributed by atoms with Crippen molar-refractivity contribution < 1.29 is 9.59 Å². The molecule has 3 heterocycles. The van der Waals surface area contributed by atoms with Gasteiger partial charge < -0.3 is 4.98 Å². The van der Waals surface area contributed by atoms with Gasteiger partial charge in [0.15, 0.2) is 0 Å². The van der Waals surface area contributed by atoms with Crippen LogP contribution in [0.3, 0.4) is 0 Å². The van der Waals surface area contributed by atoms with Crippen molar-refractivity contribution in [1.29, 1.82) is 0 Å². The Bertz CT molecular complexity index is 1200. The second kappa shape index (κ2) is 8.12. The van der Waals surface area contributed by atoms with Crippen molar-refractivity contribution >= 4 is 11.8 Å². The number of carbonyl (C=O) groups excluding carboxylic acids is 2. The molecular weight excluding hydrogens is 406 g/mol. The fourth-order valence-corrected chi connectivity index (χ4v) is 4.57. The first kappa shape index (κ1) is 20.3. The molecule has 162 valence electrons. The topological polar surface area (TPSA) is 99.3 Å². The van der Waals surface area contributed by atoms with E-state index in [0.717, 1.165) is 24.5 Å². The highest BCUT2D eigenvalue weighted by Crippen LogP contribution is 2.30. The second-order valence-corrected chi connectivity index (χ2v) is 8.49. The van der Waals surface area contributed by atoms with Gasteiger partial charge in [0.25, 0.3) is 17.4 Å². The maximum atomic E-state index is 12.7. The summed E-state index contributed by atoms with van der Waals surface area (Å²) in [6.07, 6.45) is 0. The van der Waals surface area contributed by atoms with Crippen LogP contribution in [0.5, 0.6) is 0 Å². The molecule has 8 heteroatoms. The number of hydrogen-bond acceptors (Lipinski definition) is 6. The van der Waals surface area contributed by atoms with Crippen LogP contribution in [0.4, 0.5) is 0 Å². The number of likely N-dealkylation sites (tertiary alicyclic amines) is 1. The Morgan fingerprint density at radius 2 is 1.53 bits per heavy atom. The monoisotopic (exact) mass is 429 g/mol. The Morgan fingerprint density at radius 3 is 2.19 bits per heavy atom. The first-order chi connectivity index (χ1) is 15.5. The van der Waals surface area contributed by atoms with Gasteiger partial charge in [-0.25, -0.2) is 0 Å². The highest BCUT2D eigenvalue weighted by atomic mass is 16.2. The molecule has 32 heavy (non-hydrogen) atoms. The third-order valence-corrected chi connectivity index (χ3v) is 6.26. The van der Waals surface area contributed by atoms with Crippen LogP contribution >= 0.6 is 0 Å². The molecule has 0 bridgehead atoms. The molecule has 1 N–H and O–H groups in total. The number of carbonyl (C=O) groups is 2. The lowest BCUT2D eigenvalue weighted by Gasteiger charge is -2.16. The van der Waals surface area contributed by atoms with Crippen molar-refractivity contribution in [3.63, 3.8) is 0 Å². The van der Waals surface area contributed by atoms with Gasteiger partial charge >= 0.3 is 0 Å². The molecule has 2 atom stereocenters. The van der Waals surface area contributed by atoms with E-state index < -0.39 is 17.4 Å². The van der Waals surface area contributed by atoms with Crippen molar-refractivity contribution in [2.45, 2.75) is 25.9 Å². The molecule has 2 aliphatic heterocycles. The lowest BCUT2D eigenvalue weighted by molar-refractivity contribution is 0.0639. The number of hydrogen-bond donors (Lipinski definition) is 1.